The number of hydrogen-bond acceptors (Lipinski definition) is 3. The van der Waals surface area contributed by atoms with Crippen LogP contribution in [0.25, 0.3) is 0 Å². The van der Waals surface area contributed by atoms with Crippen LogP contribution in [-0.2, 0) is 6.54 Å². The second-order valence-electron chi connectivity index (χ2n) is 4.74. The first-order valence-electron chi connectivity index (χ1n) is 6.71. The number of nitrogens with zero attached hydrogens (tertiary/aromatic N) is 1. The van der Waals surface area contributed by atoms with Crippen LogP contribution in [0.1, 0.15) is 23.6 Å². The number of nitrogens with one attached hydrogen (secondary N) is 1. The number of aryl methyl sites for hydroxylation is 2. The van der Waals surface area contributed by atoms with Crippen LogP contribution in [-0.4, -0.2) is 11.5 Å². The smallest absolute Gasteiger partial charge is 0.222 e. The zero-order chi connectivity index (χ0) is 14.5. The molecule has 1 aromatic carbocycles. The van der Waals surface area contributed by atoms with Crippen LogP contribution in [0.5, 0.6) is 11.6 Å². The lowest BCUT2D eigenvalue weighted by Gasteiger charge is -2.11. The van der Waals surface area contributed by atoms with Crippen molar-refractivity contribution in [3.05, 3.63) is 53.0 Å². The monoisotopic (exact) mass is 274 g/mol. The van der Waals surface area contributed by atoms with Gasteiger partial charge in [-0.15, -0.1) is 0 Å². The molecule has 2 rings (SSSR count). The predicted octanol–water partition coefficient (Wildman–Crippen LogP) is 3.74. The molecule has 0 radical (unpaired) electrons. The van der Waals surface area contributed by atoms with E-state index in [2.05, 4.69) is 17.2 Å². The number of rotatable bonds is 5. The molecule has 0 aliphatic rings. The van der Waals surface area contributed by atoms with E-state index in [0.29, 0.717) is 11.4 Å². The fourth-order valence-corrected chi connectivity index (χ4v) is 1.90. The molecule has 1 aromatic heterocycles. The third-order valence-electron chi connectivity index (χ3n) is 3.03. The summed E-state index contributed by atoms with van der Waals surface area (Å²) in [5, 5.41) is 3.24. The van der Waals surface area contributed by atoms with Crippen molar-refractivity contribution in [3.8, 4) is 11.6 Å². The van der Waals surface area contributed by atoms with Crippen LogP contribution < -0.4 is 10.1 Å². The normalized spacial score (nSPS) is 10.6. The van der Waals surface area contributed by atoms with Gasteiger partial charge in [0.1, 0.15) is 0 Å². The van der Waals surface area contributed by atoms with Gasteiger partial charge in [0, 0.05) is 18.3 Å². The van der Waals surface area contributed by atoms with Crippen LogP contribution in [0.4, 0.5) is 4.39 Å². The molecule has 2 aromatic rings. The first-order valence-corrected chi connectivity index (χ1v) is 6.71. The number of ether oxygens (including phenoxy) is 1. The Bertz CT molecular complexity index is 599. The van der Waals surface area contributed by atoms with Gasteiger partial charge in [0.2, 0.25) is 5.88 Å². The summed E-state index contributed by atoms with van der Waals surface area (Å²) >= 11 is 0. The van der Waals surface area contributed by atoms with Gasteiger partial charge in [0.25, 0.3) is 0 Å². The SMILES string of the molecule is CCNCc1cnc(Oc2cccc(C)c2F)c(C)c1. The maximum atomic E-state index is 13.9. The van der Waals surface area contributed by atoms with Crippen LogP contribution in [0.15, 0.2) is 30.5 Å². The van der Waals surface area contributed by atoms with Crippen molar-refractivity contribution in [2.24, 2.45) is 0 Å². The molecule has 3 nitrogen and oxygen atoms in total. The van der Waals surface area contributed by atoms with Gasteiger partial charge in [-0.25, -0.2) is 9.37 Å². The van der Waals surface area contributed by atoms with Gasteiger partial charge in [-0.1, -0.05) is 19.1 Å². The van der Waals surface area contributed by atoms with E-state index < -0.39 is 0 Å². The Labute approximate surface area is 118 Å². The molecule has 0 atom stereocenters. The van der Waals surface area contributed by atoms with Gasteiger partial charge in [-0.3, -0.25) is 0 Å². The van der Waals surface area contributed by atoms with Crippen molar-refractivity contribution in [2.75, 3.05) is 6.54 Å². The van der Waals surface area contributed by atoms with E-state index in [4.69, 9.17) is 4.74 Å². The molecular formula is C16H19FN2O. The molecule has 0 bridgehead atoms. The second kappa shape index (κ2) is 6.48. The highest BCUT2D eigenvalue weighted by molar-refractivity contribution is 5.36. The highest BCUT2D eigenvalue weighted by Crippen LogP contribution is 2.27. The van der Waals surface area contributed by atoms with Crippen molar-refractivity contribution < 1.29 is 9.13 Å². The Morgan fingerprint density at radius 1 is 1.25 bits per heavy atom. The molecule has 1 N–H and O–H groups in total. The summed E-state index contributed by atoms with van der Waals surface area (Å²) in [7, 11) is 0. The molecule has 0 fully saturated rings. The van der Waals surface area contributed by atoms with Gasteiger partial charge in [-0.05, 0) is 43.7 Å². The molecule has 0 saturated heterocycles. The lowest BCUT2D eigenvalue weighted by atomic mass is 10.2. The van der Waals surface area contributed by atoms with Gasteiger partial charge in [0.15, 0.2) is 11.6 Å². The zero-order valence-electron chi connectivity index (χ0n) is 12.0. The lowest BCUT2D eigenvalue weighted by Crippen LogP contribution is -2.12. The first-order chi connectivity index (χ1) is 9.61. The van der Waals surface area contributed by atoms with Crippen molar-refractivity contribution in [1.29, 1.82) is 0 Å². The van der Waals surface area contributed by atoms with Gasteiger partial charge in [0.05, 0.1) is 0 Å². The minimum Gasteiger partial charge on any atom is -0.436 e. The van der Waals surface area contributed by atoms with E-state index in [1.54, 1.807) is 31.3 Å². The van der Waals surface area contributed by atoms with Crippen LogP contribution in [0.2, 0.25) is 0 Å². The van der Waals surface area contributed by atoms with Gasteiger partial charge < -0.3 is 10.1 Å². The third-order valence-corrected chi connectivity index (χ3v) is 3.03. The van der Waals surface area contributed by atoms with E-state index in [1.165, 1.54) is 0 Å². The van der Waals surface area contributed by atoms with E-state index in [0.717, 1.165) is 24.2 Å². The maximum Gasteiger partial charge on any atom is 0.222 e. The quantitative estimate of drug-likeness (QED) is 0.902. The second-order valence-corrected chi connectivity index (χ2v) is 4.74. The molecule has 1 heterocycles. The highest BCUT2D eigenvalue weighted by atomic mass is 19.1. The van der Waals surface area contributed by atoms with Crippen LogP contribution >= 0.6 is 0 Å². The molecular weight excluding hydrogens is 255 g/mol. The minimum atomic E-state index is -0.342. The van der Waals surface area contributed by atoms with Crippen molar-refractivity contribution in [1.82, 2.24) is 10.3 Å². The van der Waals surface area contributed by atoms with Crippen LogP contribution in [0, 0.1) is 19.7 Å². The Balaban J connectivity index is 2.19. The molecule has 4 heteroatoms. The summed E-state index contributed by atoms with van der Waals surface area (Å²) in [6.45, 7) is 7.35. The van der Waals surface area contributed by atoms with E-state index in [-0.39, 0.29) is 11.6 Å². The van der Waals surface area contributed by atoms with Crippen LogP contribution in [0.3, 0.4) is 0 Å². The largest absolute Gasteiger partial charge is 0.436 e. The molecule has 0 amide bonds. The molecule has 0 aliphatic heterocycles. The van der Waals surface area contributed by atoms with Crippen molar-refractivity contribution >= 4 is 0 Å². The Kier molecular flexibility index (Phi) is 4.69. The molecule has 20 heavy (non-hydrogen) atoms. The summed E-state index contributed by atoms with van der Waals surface area (Å²) in [6, 6.07) is 7.08. The summed E-state index contributed by atoms with van der Waals surface area (Å²) < 4.78 is 19.5. The van der Waals surface area contributed by atoms with Crippen molar-refractivity contribution in [3.63, 3.8) is 0 Å². The Hall–Kier alpha value is -1.94. The molecule has 0 unspecified atom stereocenters. The Morgan fingerprint density at radius 3 is 2.75 bits per heavy atom. The maximum absolute atomic E-state index is 13.9. The van der Waals surface area contributed by atoms with Gasteiger partial charge in [-0.2, -0.15) is 0 Å². The summed E-state index contributed by atoms with van der Waals surface area (Å²) in [5.74, 6) is 0.306. The molecule has 106 valence electrons. The summed E-state index contributed by atoms with van der Waals surface area (Å²) in [5.41, 5.74) is 2.53. The minimum absolute atomic E-state index is 0.208. The standard InChI is InChI=1S/C16H19FN2O/c1-4-18-9-13-8-12(3)16(19-10-13)20-14-7-5-6-11(2)15(14)17/h5-8,10,18H,4,9H2,1-3H3. The lowest BCUT2D eigenvalue weighted by molar-refractivity contribution is 0.422. The fraction of sp³-hybridized carbons (Fsp3) is 0.312. The number of aromatic nitrogens is 1. The van der Waals surface area contributed by atoms with Crippen molar-refractivity contribution in [2.45, 2.75) is 27.3 Å². The topological polar surface area (TPSA) is 34.2 Å². The molecule has 0 aliphatic carbocycles. The van der Waals surface area contributed by atoms with E-state index >= 15 is 0 Å². The number of hydrogen-bond donors (Lipinski definition) is 1. The summed E-state index contributed by atoms with van der Waals surface area (Å²) in [6.07, 6.45) is 1.75. The molecule has 0 saturated carbocycles. The third kappa shape index (κ3) is 3.33. The number of pyridine rings is 1. The number of halogens is 1. The van der Waals surface area contributed by atoms with E-state index in [9.17, 15) is 4.39 Å². The molecule has 0 spiro atoms. The first kappa shape index (κ1) is 14.5. The van der Waals surface area contributed by atoms with Gasteiger partial charge >= 0.3 is 0 Å². The highest BCUT2D eigenvalue weighted by Gasteiger charge is 2.10. The number of benzene rings is 1. The zero-order valence-corrected chi connectivity index (χ0v) is 12.0. The predicted molar refractivity (Wildman–Crippen MR) is 77.6 cm³/mol. The Morgan fingerprint density at radius 2 is 2.05 bits per heavy atom. The average Bonchev–Trinajstić information content (AvgIpc) is 2.44. The summed E-state index contributed by atoms with van der Waals surface area (Å²) in [4.78, 5) is 4.27. The van der Waals surface area contributed by atoms with E-state index in [1.807, 2.05) is 13.0 Å². The fourth-order valence-electron chi connectivity index (χ4n) is 1.90. The average molecular weight is 274 g/mol.